The van der Waals surface area contributed by atoms with E-state index < -0.39 is 53.4 Å². The second kappa shape index (κ2) is 9.63. The molecule has 0 aliphatic heterocycles. The highest BCUT2D eigenvalue weighted by Gasteiger charge is 2.20. The van der Waals surface area contributed by atoms with Crippen molar-refractivity contribution in [3.05, 3.63) is 65.0 Å². The van der Waals surface area contributed by atoms with E-state index in [1.807, 2.05) is 38.2 Å². The minimum absolute atomic E-state index is 0.0641. The van der Waals surface area contributed by atoms with Crippen molar-refractivity contribution >= 4 is 23.4 Å². The van der Waals surface area contributed by atoms with Crippen LogP contribution in [-0.2, 0) is 15.0 Å². The van der Waals surface area contributed by atoms with E-state index in [0.717, 1.165) is 11.6 Å². The number of carbonyl (C=O) groups excluding carboxylic acids is 3. The second-order valence-electron chi connectivity index (χ2n) is 8.01. The summed E-state index contributed by atoms with van der Waals surface area (Å²) in [5.74, 6) is -6.61. The van der Waals surface area contributed by atoms with Crippen LogP contribution in [0.3, 0.4) is 0 Å². The first kappa shape index (κ1) is 23.9. The van der Waals surface area contributed by atoms with Gasteiger partial charge in [0.05, 0.1) is 12.2 Å². The van der Waals surface area contributed by atoms with Crippen LogP contribution in [0.25, 0.3) is 0 Å². The van der Waals surface area contributed by atoms with Gasteiger partial charge >= 0.3 is 0 Å². The Morgan fingerprint density at radius 3 is 2.13 bits per heavy atom. The Labute approximate surface area is 178 Å². The van der Waals surface area contributed by atoms with Crippen molar-refractivity contribution in [2.75, 3.05) is 11.9 Å². The van der Waals surface area contributed by atoms with Gasteiger partial charge in [-0.3, -0.25) is 14.4 Å². The zero-order valence-corrected chi connectivity index (χ0v) is 17.6. The van der Waals surface area contributed by atoms with Crippen LogP contribution in [0, 0.1) is 17.5 Å². The van der Waals surface area contributed by atoms with E-state index in [-0.39, 0.29) is 5.41 Å². The summed E-state index contributed by atoms with van der Waals surface area (Å²) in [4.78, 5) is 36.3. The number of hydrogen-bond donors (Lipinski definition) is 3. The molecule has 0 aliphatic rings. The maximum Gasteiger partial charge on any atom is 0.251 e. The standard InChI is InChI=1S/C22H24F3N3O3/c1-12(27-21(31)13-5-7-14(8-6-13)22(2,3)4)20(30)26-11-17(29)28-16-10-9-15(23)18(24)19(16)25/h5-10,12H,11H2,1-4H3,(H,26,30)(H,27,31)(H,28,29). The average molecular weight is 435 g/mol. The monoisotopic (exact) mass is 435 g/mol. The van der Waals surface area contributed by atoms with Crippen LogP contribution < -0.4 is 16.0 Å². The van der Waals surface area contributed by atoms with E-state index in [9.17, 15) is 27.6 Å². The fourth-order valence-electron chi connectivity index (χ4n) is 2.60. The molecular weight excluding hydrogens is 411 g/mol. The molecule has 0 radical (unpaired) electrons. The Kier molecular flexibility index (Phi) is 7.43. The van der Waals surface area contributed by atoms with Crippen LogP contribution in [0.15, 0.2) is 36.4 Å². The van der Waals surface area contributed by atoms with Crippen LogP contribution in [0.4, 0.5) is 18.9 Å². The van der Waals surface area contributed by atoms with E-state index in [4.69, 9.17) is 0 Å². The summed E-state index contributed by atoms with van der Waals surface area (Å²) < 4.78 is 39.7. The zero-order valence-electron chi connectivity index (χ0n) is 17.6. The highest BCUT2D eigenvalue weighted by Crippen LogP contribution is 2.22. The molecule has 1 unspecified atom stereocenters. The molecule has 0 heterocycles. The van der Waals surface area contributed by atoms with Gasteiger partial charge in [0.15, 0.2) is 17.5 Å². The molecule has 3 N–H and O–H groups in total. The molecule has 0 saturated carbocycles. The third kappa shape index (κ3) is 6.31. The smallest absolute Gasteiger partial charge is 0.251 e. The highest BCUT2D eigenvalue weighted by atomic mass is 19.2. The maximum atomic E-state index is 13.6. The molecule has 0 aromatic heterocycles. The molecule has 2 aromatic rings. The van der Waals surface area contributed by atoms with Gasteiger partial charge in [-0.25, -0.2) is 13.2 Å². The SMILES string of the molecule is CC(NC(=O)c1ccc(C(C)(C)C)cc1)C(=O)NCC(=O)Nc1ccc(F)c(F)c1F. The van der Waals surface area contributed by atoms with Gasteiger partial charge in [0.25, 0.3) is 5.91 Å². The lowest BCUT2D eigenvalue weighted by Crippen LogP contribution is -2.46. The number of benzene rings is 2. The molecule has 3 amide bonds. The number of amides is 3. The number of rotatable bonds is 6. The van der Waals surface area contributed by atoms with Crippen molar-refractivity contribution in [1.29, 1.82) is 0 Å². The van der Waals surface area contributed by atoms with Crippen molar-refractivity contribution in [2.45, 2.75) is 39.2 Å². The third-order valence-electron chi connectivity index (χ3n) is 4.49. The van der Waals surface area contributed by atoms with Crippen molar-refractivity contribution < 1.29 is 27.6 Å². The maximum absolute atomic E-state index is 13.6. The van der Waals surface area contributed by atoms with Gasteiger partial charge in [-0.05, 0) is 42.2 Å². The predicted molar refractivity (Wildman–Crippen MR) is 110 cm³/mol. The molecule has 0 spiro atoms. The Hall–Kier alpha value is -3.36. The third-order valence-corrected chi connectivity index (χ3v) is 4.49. The van der Waals surface area contributed by atoms with Crippen LogP contribution in [0.5, 0.6) is 0 Å². The Balaban J connectivity index is 1.87. The molecule has 6 nitrogen and oxygen atoms in total. The normalized spacial score (nSPS) is 12.1. The molecule has 0 fully saturated rings. The van der Waals surface area contributed by atoms with Crippen LogP contribution in [-0.4, -0.2) is 30.3 Å². The molecular formula is C22H24F3N3O3. The van der Waals surface area contributed by atoms with Crippen LogP contribution in [0.2, 0.25) is 0 Å². The lowest BCUT2D eigenvalue weighted by molar-refractivity contribution is -0.125. The molecule has 0 saturated heterocycles. The Morgan fingerprint density at radius 1 is 0.935 bits per heavy atom. The largest absolute Gasteiger partial charge is 0.345 e. The summed E-state index contributed by atoms with van der Waals surface area (Å²) in [6.45, 7) is 7.02. The molecule has 31 heavy (non-hydrogen) atoms. The van der Waals surface area contributed by atoms with Crippen molar-refractivity contribution in [3.63, 3.8) is 0 Å². The van der Waals surface area contributed by atoms with Gasteiger partial charge < -0.3 is 16.0 Å². The van der Waals surface area contributed by atoms with E-state index >= 15 is 0 Å². The first-order valence-corrected chi connectivity index (χ1v) is 9.52. The summed E-state index contributed by atoms with van der Waals surface area (Å²) >= 11 is 0. The number of halogens is 3. The van der Waals surface area contributed by atoms with Gasteiger partial charge in [-0.1, -0.05) is 32.9 Å². The van der Waals surface area contributed by atoms with Gasteiger partial charge in [-0.2, -0.15) is 0 Å². The fourth-order valence-corrected chi connectivity index (χ4v) is 2.60. The lowest BCUT2D eigenvalue weighted by Gasteiger charge is -2.19. The highest BCUT2D eigenvalue weighted by molar-refractivity contribution is 5.99. The van der Waals surface area contributed by atoms with Crippen LogP contribution in [0.1, 0.15) is 43.6 Å². The summed E-state index contributed by atoms with van der Waals surface area (Å²) in [7, 11) is 0. The number of hydrogen-bond acceptors (Lipinski definition) is 3. The number of nitrogens with one attached hydrogen (secondary N) is 3. The fraction of sp³-hybridized carbons (Fsp3) is 0.318. The Bertz CT molecular complexity index is 986. The Morgan fingerprint density at radius 2 is 1.55 bits per heavy atom. The summed E-state index contributed by atoms with van der Waals surface area (Å²) in [5.41, 5.74) is 0.807. The predicted octanol–water partition coefficient (Wildman–Crippen LogP) is 3.27. The first-order valence-electron chi connectivity index (χ1n) is 9.52. The van der Waals surface area contributed by atoms with E-state index in [1.165, 1.54) is 6.92 Å². The summed E-state index contributed by atoms with van der Waals surface area (Å²) in [6.07, 6.45) is 0. The summed E-state index contributed by atoms with van der Waals surface area (Å²) in [5, 5.41) is 6.83. The molecule has 166 valence electrons. The average Bonchev–Trinajstić information content (AvgIpc) is 2.71. The molecule has 2 rings (SSSR count). The minimum atomic E-state index is -1.71. The summed E-state index contributed by atoms with van der Waals surface area (Å²) in [6, 6.07) is 7.55. The quantitative estimate of drug-likeness (QED) is 0.609. The molecule has 2 aromatic carbocycles. The van der Waals surface area contributed by atoms with Gasteiger partial charge in [-0.15, -0.1) is 0 Å². The number of carbonyl (C=O) groups is 3. The minimum Gasteiger partial charge on any atom is -0.345 e. The first-order chi connectivity index (χ1) is 14.4. The van der Waals surface area contributed by atoms with E-state index in [1.54, 1.807) is 12.1 Å². The van der Waals surface area contributed by atoms with Crippen molar-refractivity contribution in [1.82, 2.24) is 10.6 Å². The lowest BCUT2D eigenvalue weighted by atomic mass is 9.86. The second-order valence-corrected chi connectivity index (χ2v) is 8.01. The van der Waals surface area contributed by atoms with Crippen molar-refractivity contribution in [3.8, 4) is 0 Å². The van der Waals surface area contributed by atoms with Gasteiger partial charge in [0.1, 0.15) is 6.04 Å². The zero-order chi connectivity index (χ0) is 23.3. The van der Waals surface area contributed by atoms with Gasteiger partial charge in [0.2, 0.25) is 11.8 Å². The molecule has 0 aliphatic carbocycles. The van der Waals surface area contributed by atoms with E-state index in [0.29, 0.717) is 11.6 Å². The van der Waals surface area contributed by atoms with Gasteiger partial charge in [0, 0.05) is 5.56 Å². The topological polar surface area (TPSA) is 87.3 Å². The number of anilines is 1. The van der Waals surface area contributed by atoms with Crippen LogP contribution >= 0.6 is 0 Å². The van der Waals surface area contributed by atoms with E-state index in [2.05, 4.69) is 10.6 Å². The van der Waals surface area contributed by atoms with Crippen molar-refractivity contribution in [2.24, 2.45) is 0 Å². The molecule has 9 heteroatoms. The molecule has 1 atom stereocenters. The molecule has 0 bridgehead atoms.